The van der Waals surface area contributed by atoms with Crippen LogP contribution >= 0.6 is 0 Å². The molecule has 0 radical (unpaired) electrons. The number of hydrogen-bond donors (Lipinski definition) is 6. The number of ether oxygens (including phenoxy) is 3. The lowest BCUT2D eigenvalue weighted by atomic mass is 9.99. The minimum absolute atomic E-state index is 0.0952. The number of nitrogens with one attached hydrogen (secondary N) is 1. The molecule has 0 aromatic carbocycles. The lowest BCUT2D eigenvalue weighted by molar-refractivity contribution is -0.305. The Morgan fingerprint density at radius 2 is 0.927 bits per heavy atom. The summed E-state index contributed by atoms with van der Waals surface area (Å²) in [4.78, 5) is 26.6. The number of aliphatic hydroxyl groups excluding tert-OH is 5. The van der Waals surface area contributed by atoms with Crippen molar-refractivity contribution in [2.75, 3.05) is 13.2 Å². The number of allylic oxidation sites excluding steroid dienone is 13. The molecular formula is C71H125NO10. The first kappa shape index (κ1) is 76.9. The second-order valence-electron chi connectivity index (χ2n) is 23.3. The second-order valence-corrected chi connectivity index (χ2v) is 23.3. The van der Waals surface area contributed by atoms with Crippen molar-refractivity contribution in [3.05, 3.63) is 85.1 Å². The maximum atomic E-state index is 13.5. The van der Waals surface area contributed by atoms with Gasteiger partial charge in [0.1, 0.15) is 24.4 Å². The molecule has 1 aliphatic rings. The van der Waals surface area contributed by atoms with Crippen molar-refractivity contribution in [2.24, 2.45) is 0 Å². The molecule has 1 saturated heterocycles. The minimum Gasteiger partial charge on any atom is -0.454 e. The van der Waals surface area contributed by atoms with E-state index in [0.29, 0.717) is 12.8 Å². The van der Waals surface area contributed by atoms with Crippen LogP contribution in [0.25, 0.3) is 0 Å². The SMILES string of the molecule is CC/C=C/C=C/C=C/C=C\CCCCCCCC(=O)OC1C(OCC(NC(=O)C(O)CCCCCCCCCCCCCCCCCC/C=C\C/C=C\CCCCC)C(O)/C=C/CCCCCCCCCCCC)OC(CO)C(O)C1O. The van der Waals surface area contributed by atoms with E-state index in [1.54, 1.807) is 6.08 Å². The normalized spacial score (nSPS) is 19.1. The molecule has 0 aromatic rings. The van der Waals surface area contributed by atoms with Gasteiger partial charge in [-0.25, -0.2) is 0 Å². The van der Waals surface area contributed by atoms with Crippen LogP contribution in [0.15, 0.2) is 85.1 Å². The van der Waals surface area contributed by atoms with Gasteiger partial charge in [-0.3, -0.25) is 9.59 Å². The van der Waals surface area contributed by atoms with Gasteiger partial charge in [0.15, 0.2) is 12.4 Å². The summed E-state index contributed by atoms with van der Waals surface area (Å²) in [6, 6.07) is -1.03. The molecule has 11 heteroatoms. The largest absolute Gasteiger partial charge is 0.454 e. The van der Waals surface area contributed by atoms with Gasteiger partial charge < -0.3 is 45.1 Å². The Bertz CT molecular complexity index is 1660. The third-order valence-corrected chi connectivity index (χ3v) is 15.6. The molecule has 1 aliphatic heterocycles. The second kappa shape index (κ2) is 58.2. The third kappa shape index (κ3) is 45.2. The fourth-order valence-electron chi connectivity index (χ4n) is 10.3. The van der Waals surface area contributed by atoms with Crippen LogP contribution in [-0.4, -0.2) is 99.6 Å². The Hall–Kier alpha value is -3.16. The lowest BCUT2D eigenvalue weighted by Crippen LogP contribution is -2.61. The molecule has 1 amide bonds. The average Bonchev–Trinajstić information content (AvgIpc) is 3.44. The quantitative estimate of drug-likeness (QED) is 0.0149. The Kier molecular flexibility index (Phi) is 54.6. The van der Waals surface area contributed by atoms with Gasteiger partial charge >= 0.3 is 5.97 Å². The summed E-state index contributed by atoms with van der Waals surface area (Å²) in [7, 11) is 0. The standard InChI is InChI=1S/C71H125NO10/c1-4-7-10-13-16-19-22-25-27-28-29-30-31-32-33-34-35-36-37-39-40-43-46-49-52-55-58-64(75)70(79)72-62(63(74)57-54-51-48-45-42-24-21-18-15-12-9-6-3)61-80-71-69(68(78)67(77)65(60-73)81-71)82-66(76)59-56-53-50-47-44-41-38-26-23-20-17-14-11-8-5-2/h8,11,14,16-17,19-20,23,25-27,38,54,57,62-65,67-69,71,73-75,77-78H,4-7,9-10,12-13,15,18,21-22,24,28-37,39-53,55-56,58-61H2,1-3H3,(H,72,79)/b11-8+,17-14+,19-16-,23-20+,27-25-,38-26-,57-54+. The molecule has 8 unspecified atom stereocenters. The molecule has 0 aliphatic carbocycles. The highest BCUT2D eigenvalue weighted by Crippen LogP contribution is 2.26. The van der Waals surface area contributed by atoms with E-state index in [2.05, 4.69) is 68.6 Å². The molecule has 474 valence electrons. The number of carbonyl (C=O) groups excluding carboxylic acids is 2. The van der Waals surface area contributed by atoms with E-state index in [1.807, 2.05) is 36.5 Å². The van der Waals surface area contributed by atoms with Gasteiger partial charge in [-0.1, -0.05) is 292 Å². The molecule has 1 rings (SSSR count). The molecule has 1 fully saturated rings. The van der Waals surface area contributed by atoms with Gasteiger partial charge in [0.2, 0.25) is 5.91 Å². The van der Waals surface area contributed by atoms with Gasteiger partial charge in [-0.05, 0) is 77.0 Å². The zero-order valence-corrected chi connectivity index (χ0v) is 52.6. The van der Waals surface area contributed by atoms with Crippen LogP contribution in [0.4, 0.5) is 0 Å². The van der Waals surface area contributed by atoms with Gasteiger partial charge in [-0.15, -0.1) is 0 Å². The fourth-order valence-corrected chi connectivity index (χ4v) is 10.3. The summed E-state index contributed by atoms with van der Waals surface area (Å²) >= 11 is 0. The van der Waals surface area contributed by atoms with Crippen molar-refractivity contribution >= 4 is 11.9 Å². The summed E-state index contributed by atoms with van der Waals surface area (Å²) < 4.78 is 17.6. The zero-order valence-electron chi connectivity index (χ0n) is 52.6. The van der Waals surface area contributed by atoms with E-state index in [0.717, 1.165) is 83.5 Å². The van der Waals surface area contributed by atoms with E-state index in [-0.39, 0.29) is 19.4 Å². The maximum absolute atomic E-state index is 13.5. The Morgan fingerprint density at radius 1 is 0.500 bits per heavy atom. The number of aliphatic hydroxyl groups is 5. The predicted molar refractivity (Wildman–Crippen MR) is 342 cm³/mol. The number of unbranched alkanes of at least 4 members (excludes halogenated alkanes) is 34. The molecular weight excluding hydrogens is 1030 g/mol. The van der Waals surface area contributed by atoms with E-state index in [1.165, 1.54) is 161 Å². The molecule has 82 heavy (non-hydrogen) atoms. The number of hydrogen-bond acceptors (Lipinski definition) is 10. The molecule has 11 nitrogen and oxygen atoms in total. The van der Waals surface area contributed by atoms with E-state index < -0.39 is 67.4 Å². The summed E-state index contributed by atoms with van der Waals surface area (Å²) in [5.74, 6) is -1.22. The molecule has 0 bridgehead atoms. The van der Waals surface area contributed by atoms with Crippen molar-refractivity contribution in [1.82, 2.24) is 5.32 Å². The number of carbonyl (C=O) groups is 2. The summed E-state index contributed by atoms with van der Waals surface area (Å²) in [6.45, 7) is 5.63. The van der Waals surface area contributed by atoms with Crippen LogP contribution in [0.2, 0.25) is 0 Å². The van der Waals surface area contributed by atoms with E-state index in [9.17, 15) is 35.1 Å². The number of esters is 1. The first-order valence-electron chi connectivity index (χ1n) is 33.9. The Labute approximate surface area is 502 Å². The fraction of sp³-hybridized carbons (Fsp3) is 0.775. The molecule has 1 heterocycles. The highest BCUT2D eigenvalue weighted by Gasteiger charge is 2.47. The van der Waals surface area contributed by atoms with Crippen LogP contribution in [-0.2, 0) is 23.8 Å². The molecule has 0 saturated carbocycles. The van der Waals surface area contributed by atoms with Crippen molar-refractivity contribution in [3.63, 3.8) is 0 Å². The minimum atomic E-state index is -1.63. The summed E-state index contributed by atoms with van der Waals surface area (Å²) in [5, 5.41) is 57.1. The maximum Gasteiger partial charge on any atom is 0.306 e. The van der Waals surface area contributed by atoms with Crippen molar-refractivity contribution < 1.29 is 49.3 Å². The molecule has 8 atom stereocenters. The average molecular weight is 1150 g/mol. The highest BCUT2D eigenvalue weighted by atomic mass is 16.7. The first-order chi connectivity index (χ1) is 40.2. The van der Waals surface area contributed by atoms with Crippen LogP contribution in [0.3, 0.4) is 0 Å². The zero-order chi connectivity index (χ0) is 59.6. The number of rotatable bonds is 57. The smallest absolute Gasteiger partial charge is 0.306 e. The molecule has 6 N–H and O–H groups in total. The Morgan fingerprint density at radius 3 is 1.44 bits per heavy atom. The van der Waals surface area contributed by atoms with Gasteiger partial charge in [0.05, 0.1) is 25.4 Å². The third-order valence-electron chi connectivity index (χ3n) is 15.6. The Balaban J connectivity index is 2.58. The summed E-state index contributed by atoms with van der Waals surface area (Å²) in [5.41, 5.74) is 0. The van der Waals surface area contributed by atoms with Gasteiger partial charge in [0.25, 0.3) is 0 Å². The van der Waals surface area contributed by atoms with Crippen LogP contribution in [0.5, 0.6) is 0 Å². The van der Waals surface area contributed by atoms with Gasteiger partial charge in [-0.2, -0.15) is 0 Å². The van der Waals surface area contributed by atoms with Crippen molar-refractivity contribution in [1.29, 1.82) is 0 Å². The first-order valence-corrected chi connectivity index (χ1v) is 33.9. The topological polar surface area (TPSA) is 175 Å². The summed E-state index contributed by atoms with van der Waals surface area (Å²) in [6.07, 6.45) is 66.3. The van der Waals surface area contributed by atoms with Crippen molar-refractivity contribution in [2.45, 2.75) is 339 Å². The van der Waals surface area contributed by atoms with Crippen LogP contribution < -0.4 is 5.32 Å². The van der Waals surface area contributed by atoms with Gasteiger partial charge in [0, 0.05) is 6.42 Å². The molecule has 0 spiro atoms. The van der Waals surface area contributed by atoms with Crippen LogP contribution in [0, 0.1) is 0 Å². The van der Waals surface area contributed by atoms with E-state index in [4.69, 9.17) is 14.2 Å². The van der Waals surface area contributed by atoms with Crippen LogP contribution in [0.1, 0.15) is 290 Å². The monoisotopic (exact) mass is 1150 g/mol. The lowest BCUT2D eigenvalue weighted by Gasteiger charge is -2.41. The highest BCUT2D eigenvalue weighted by molar-refractivity contribution is 5.80. The van der Waals surface area contributed by atoms with E-state index >= 15 is 0 Å². The number of amides is 1. The predicted octanol–water partition coefficient (Wildman–Crippen LogP) is 16.9. The van der Waals surface area contributed by atoms with Crippen molar-refractivity contribution in [3.8, 4) is 0 Å². The molecule has 0 aromatic heterocycles.